The van der Waals surface area contributed by atoms with E-state index in [4.69, 9.17) is 9.63 Å². The van der Waals surface area contributed by atoms with Gasteiger partial charge in [0.1, 0.15) is 5.76 Å². The SMILES string of the molecule is Cc1nn(Cc2c(C(=O)O)noc2C)c(C)c1C. The fourth-order valence-corrected chi connectivity index (χ4v) is 1.84. The number of carboxylic acids is 1. The van der Waals surface area contributed by atoms with Gasteiger partial charge >= 0.3 is 5.97 Å². The number of rotatable bonds is 3. The van der Waals surface area contributed by atoms with Crippen molar-refractivity contribution in [2.75, 3.05) is 0 Å². The van der Waals surface area contributed by atoms with Gasteiger partial charge in [-0.25, -0.2) is 4.79 Å². The molecule has 2 rings (SSSR count). The number of aryl methyl sites for hydroxylation is 2. The number of hydrogen-bond donors (Lipinski definition) is 1. The normalized spacial score (nSPS) is 10.9. The molecule has 0 unspecified atom stereocenters. The summed E-state index contributed by atoms with van der Waals surface area (Å²) in [6.07, 6.45) is 0. The van der Waals surface area contributed by atoms with Crippen LogP contribution in [0, 0.1) is 27.7 Å². The van der Waals surface area contributed by atoms with E-state index in [0.717, 1.165) is 17.0 Å². The second kappa shape index (κ2) is 4.29. The van der Waals surface area contributed by atoms with Gasteiger partial charge in [0.2, 0.25) is 0 Å². The van der Waals surface area contributed by atoms with Gasteiger partial charge in [-0.05, 0) is 33.3 Å². The standard InChI is InChI=1S/C12H15N3O3/c1-6-7(2)13-15(8(6)3)5-10-9(4)18-14-11(10)12(16)17/h5H2,1-4H3,(H,16,17). The Morgan fingerprint density at radius 2 is 2.00 bits per heavy atom. The van der Waals surface area contributed by atoms with E-state index < -0.39 is 5.97 Å². The molecular weight excluding hydrogens is 234 g/mol. The number of carboxylic acid groups (broad SMARTS) is 1. The molecule has 6 nitrogen and oxygen atoms in total. The summed E-state index contributed by atoms with van der Waals surface area (Å²) in [7, 11) is 0. The lowest BCUT2D eigenvalue weighted by Crippen LogP contribution is -2.09. The van der Waals surface area contributed by atoms with Crippen LogP contribution in [0.5, 0.6) is 0 Å². The first-order valence-corrected chi connectivity index (χ1v) is 5.61. The van der Waals surface area contributed by atoms with E-state index in [9.17, 15) is 4.79 Å². The van der Waals surface area contributed by atoms with Crippen LogP contribution in [-0.4, -0.2) is 26.0 Å². The molecule has 0 amide bonds. The van der Waals surface area contributed by atoms with Crippen LogP contribution >= 0.6 is 0 Å². The molecule has 0 fully saturated rings. The van der Waals surface area contributed by atoms with Crippen molar-refractivity contribution < 1.29 is 14.4 Å². The highest BCUT2D eigenvalue weighted by atomic mass is 16.5. The van der Waals surface area contributed by atoms with Crippen molar-refractivity contribution in [1.29, 1.82) is 0 Å². The number of nitrogens with zero attached hydrogens (tertiary/aromatic N) is 3. The van der Waals surface area contributed by atoms with Crippen LogP contribution in [-0.2, 0) is 6.54 Å². The van der Waals surface area contributed by atoms with Gasteiger partial charge in [0.15, 0.2) is 5.69 Å². The zero-order valence-electron chi connectivity index (χ0n) is 10.8. The van der Waals surface area contributed by atoms with Gasteiger partial charge in [-0.1, -0.05) is 5.16 Å². The Morgan fingerprint density at radius 3 is 2.50 bits per heavy atom. The largest absolute Gasteiger partial charge is 0.476 e. The van der Waals surface area contributed by atoms with Crippen molar-refractivity contribution >= 4 is 5.97 Å². The Labute approximate surface area is 104 Å². The third kappa shape index (κ3) is 1.90. The Hall–Kier alpha value is -2.11. The first-order valence-electron chi connectivity index (χ1n) is 5.61. The van der Waals surface area contributed by atoms with E-state index in [1.807, 2.05) is 20.8 Å². The van der Waals surface area contributed by atoms with E-state index >= 15 is 0 Å². The third-order valence-corrected chi connectivity index (χ3v) is 3.24. The fourth-order valence-electron chi connectivity index (χ4n) is 1.84. The van der Waals surface area contributed by atoms with Crippen LogP contribution in [0.2, 0.25) is 0 Å². The molecule has 0 aliphatic heterocycles. The maximum absolute atomic E-state index is 11.0. The third-order valence-electron chi connectivity index (χ3n) is 3.24. The second-order valence-electron chi connectivity index (χ2n) is 4.32. The van der Waals surface area contributed by atoms with Crippen LogP contribution < -0.4 is 0 Å². The Bertz CT molecular complexity index is 610. The Morgan fingerprint density at radius 1 is 1.33 bits per heavy atom. The number of carbonyl (C=O) groups is 1. The van der Waals surface area contributed by atoms with Crippen LogP contribution in [0.3, 0.4) is 0 Å². The maximum Gasteiger partial charge on any atom is 0.358 e. The molecule has 2 aromatic heterocycles. The monoisotopic (exact) mass is 249 g/mol. The summed E-state index contributed by atoms with van der Waals surface area (Å²) in [4.78, 5) is 11.0. The summed E-state index contributed by atoms with van der Waals surface area (Å²) >= 11 is 0. The molecule has 0 spiro atoms. The van der Waals surface area contributed by atoms with Gasteiger partial charge in [0, 0.05) is 5.69 Å². The van der Waals surface area contributed by atoms with Gasteiger partial charge in [0.05, 0.1) is 17.8 Å². The molecule has 0 aliphatic rings. The summed E-state index contributed by atoms with van der Waals surface area (Å²) in [6, 6.07) is 0. The van der Waals surface area contributed by atoms with E-state index in [0.29, 0.717) is 17.9 Å². The quantitative estimate of drug-likeness (QED) is 0.897. The van der Waals surface area contributed by atoms with Crippen molar-refractivity contribution in [2.45, 2.75) is 34.2 Å². The molecule has 1 N–H and O–H groups in total. The Kier molecular flexibility index (Phi) is 2.94. The molecule has 0 saturated carbocycles. The highest BCUT2D eigenvalue weighted by molar-refractivity contribution is 5.87. The first-order chi connectivity index (χ1) is 8.41. The summed E-state index contributed by atoms with van der Waals surface area (Å²) in [5.41, 5.74) is 3.59. The average molecular weight is 249 g/mol. The van der Waals surface area contributed by atoms with Crippen LogP contribution in [0.25, 0.3) is 0 Å². The van der Waals surface area contributed by atoms with Crippen molar-refractivity contribution in [3.05, 3.63) is 34.0 Å². The zero-order valence-corrected chi connectivity index (χ0v) is 10.8. The Balaban J connectivity index is 2.43. The molecule has 96 valence electrons. The summed E-state index contributed by atoms with van der Waals surface area (Å²) in [5, 5.41) is 17.0. The van der Waals surface area contributed by atoms with Crippen molar-refractivity contribution in [2.24, 2.45) is 0 Å². The fraction of sp³-hybridized carbons (Fsp3) is 0.417. The average Bonchev–Trinajstić information content (AvgIpc) is 2.77. The molecule has 18 heavy (non-hydrogen) atoms. The lowest BCUT2D eigenvalue weighted by molar-refractivity contribution is 0.0684. The highest BCUT2D eigenvalue weighted by Gasteiger charge is 2.20. The number of aromatic carboxylic acids is 1. The van der Waals surface area contributed by atoms with Crippen LogP contribution in [0.1, 0.15) is 38.8 Å². The molecule has 0 aromatic carbocycles. The second-order valence-corrected chi connectivity index (χ2v) is 4.32. The molecule has 0 bridgehead atoms. The summed E-state index contributed by atoms with van der Waals surface area (Å²) in [6.45, 7) is 7.94. The van der Waals surface area contributed by atoms with Crippen LogP contribution in [0.15, 0.2) is 4.52 Å². The van der Waals surface area contributed by atoms with E-state index in [2.05, 4.69) is 10.3 Å². The van der Waals surface area contributed by atoms with Gasteiger partial charge in [-0.2, -0.15) is 5.10 Å². The van der Waals surface area contributed by atoms with Gasteiger partial charge in [0.25, 0.3) is 0 Å². The minimum absolute atomic E-state index is 0.0438. The van der Waals surface area contributed by atoms with Crippen molar-refractivity contribution in [1.82, 2.24) is 14.9 Å². The molecule has 2 aromatic rings. The van der Waals surface area contributed by atoms with E-state index in [1.165, 1.54) is 0 Å². The molecule has 0 aliphatic carbocycles. The van der Waals surface area contributed by atoms with Crippen molar-refractivity contribution in [3.63, 3.8) is 0 Å². The zero-order chi connectivity index (χ0) is 13.4. The summed E-state index contributed by atoms with van der Waals surface area (Å²) < 4.78 is 6.71. The topological polar surface area (TPSA) is 81.2 Å². The molecule has 0 atom stereocenters. The molecule has 2 heterocycles. The van der Waals surface area contributed by atoms with Crippen LogP contribution in [0.4, 0.5) is 0 Å². The van der Waals surface area contributed by atoms with Gasteiger partial charge in [-0.15, -0.1) is 0 Å². The lowest BCUT2D eigenvalue weighted by Gasteiger charge is -2.04. The highest BCUT2D eigenvalue weighted by Crippen LogP contribution is 2.18. The smallest absolute Gasteiger partial charge is 0.358 e. The van der Waals surface area contributed by atoms with E-state index in [-0.39, 0.29) is 5.69 Å². The molecule has 6 heteroatoms. The maximum atomic E-state index is 11.0. The minimum atomic E-state index is -1.08. The lowest BCUT2D eigenvalue weighted by atomic mass is 10.2. The summed E-state index contributed by atoms with van der Waals surface area (Å²) in [5.74, 6) is -0.572. The number of aromatic nitrogens is 3. The molecular formula is C12H15N3O3. The molecule has 0 saturated heterocycles. The van der Waals surface area contributed by atoms with E-state index in [1.54, 1.807) is 11.6 Å². The number of hydrogen-bond acceptors (Lipinski definition) is 4. The minimum Gasteiger partial charge on any atom is -0.476 e. The van der Waals surface area contributed by atoms with Gasteiger partial charge in [-0.3, -0.25) is 4.68 Å². The van der Waals surface area contributed by atoms with Crippen molar-refractivity contribution in [3.8, 4) is 0 Å². The predicted molar refractivity (Wildman–Crippen MR) is 63.7 cm³/mol. The molecule has 0 radical (unpaired) electrons. The van der Waals surface area contributed by atoms with Gasteiger partial charge < -0.3 is 9.63 Å². The predicted octanol–water partition coefficient (Wildman–Crippen LogP) is 1.85. The first kappa shape index (κ1) is 12.3.